The molecule has 0 saturated heterocycles. The van der Waals surface area contributed by atoms with Gasteiger partial charge >= 0.3 is 0 Å². The second-order valence-corrected chi connectivity index (χ2v) is 6.80. The molecule has 0 spiro atoms. The van der Waals surface area contributed by atoms with Crippen molar-refractivity contribution in [3.63, 3.8) is 0 Å². The largest absolute Gasteiger partial charge is 0.493 e. The molecule has 31 heavy (non-hydrogen) atoms. The lowest BCUT2D eigenvalue weighted by Crippen LogP contribution is -2.28. The molecule has 9 heteroatoms. The number of nitrogens with two attached hydrogens (primary N) is 1. The summed E-state index contributed by atoms with van der Waals surface area (Å²) < 4.78 is 27.2. The summed E-state index contributed by atoms with van der Waals surface area (Å²) in [4.78, 5) is 24.1. The number of nitrogens with one attached hydrogen (secondary N) is 1. The van der Waals surface area contributed by atoms with Crippen LogP contribution < -0.4 is 34.7 Å². The highest BCUT2D eigenvalue weighted by atomic mass is 16.6. The van der Waals surface area contributed by atoms with E-state index >= 15 is 0 Å². The predicted molar refractivity (Wildman–Crippen MR) is 112 cm³/mol. The summed E-state index contributed by atoms with van der Waals surface area (Å²) in [6, 6.07) is 8.42. The number of amides is 2. The van der Waals surface area contributed by atoms with Gasteiger partial charge in [-0.1, -0.05) is 13.0 Å². The van der Waals surface area contributed by atoms with Crippen LogP contribution in [0, 0.1) is 0 Å². The summed E-state index contributed by atoms with van der Waals surface area (Å²) >= 11 is 0. The van der Waals surface area contributed by atoms with E-state index in [1.165, 1.54) is 26.4 Å². The molecule has 0 aliphatic carbocycles. The van der Waals surface area contributed by atoms with Gasteiger partial charge in [-0.3, -0.25) is 9.59 Å². The van der Waals surface area contributed by atoms with Crippen LogP contribution in [0.5, 0.6) is 28.7 Å². The second kappa shape index (κ2) is 9.92. The molecule has 3 rings (SSSR count). The molecule has 1 heterocycles. The molecule has 2 amide bonds. The number of methoxy groups -OCH3 is 2. The molecule has 0 saturated carbocycles. The lowest BCUT2D eigenvalue weighted by atomic mass is 10.0. The van der Waals surface area contributed by atoms with Gasteiger partial charge in [-0.25, -0.2) is 0 Å². The van der Waals surface area contributed by atoms with Crippen molar-refractivity contribution in [1.82, 2.24) is 5.32 Å². The van der Waals surface area contributed by atoms with Crippen molar-refractivity contribution < 1.29 is 33.3 Å². The summed E-state index contributed by atoms with van der Waals surface area (Å²) in [6.07, 6.45) is 0.666. The number of hydrogen-bond acceptors (Lipinski definition) is 7. The third-order valence-electron chi connectivity index (χ3n) is 4.76. The molecular formula is C22H26N2O7. The Morgan fingerprint density at radius 1 is 1.06 bits per heavy atom. The van der Waals surface area contributed by atoms with Gasteiger partial charge in [0.15, 0.2) is 29.6 Å². The molecule has 9 nitrogen and oxygen atoms in total. The first-order valence-electron chi connectivity index (χ1n) is 9.84. The van der Waals surface area contributed by atoms with Gasteiger partial charge in [-0.05, 0) is 36.2 Å². The van der Waals surface area contributed by atoms with Crippen molar-refractivity contribution >= 4 is 11.8 Å². The summed E-state index contributed by atoms with van der Waals surface area (Å²) in [5.41, 5.74) is 6.36. The van der Waals surface area contributed by atoms with Gasteiger partial charge < -0.3 is 34.7 Å². The minimum absolute atomic E-state index is 0.194. The van der Waals surface area contributed by atoms with E-state index in [1.54, 1.807) is 0 Å². The van der Waals surface area contributed by atoms with Gasteiger partial charge in [-0.15, -0.1) is 0 Å². The standard InChI is InChI=1S/C22H26N2O7/c1-4-15(13-5-6-16-17(9-13)30-8-7-29-16)24-22(26)14-10-18(27-2)21(19(11-14)28-3)31-12-20(23)25/h5-6,9-11,15H,4,7-8,12H2,1-3H3,(H2,23,25)(H,24,26). The summed E-state index contributed by atoms with van der Waals surface area (Å²) in [6.45, 7) is 2.64. The van der Waals surface area contributed by atoms with Crippen molar-refractivity contribution in [2.75, 3.05) is 34.0 Å². The minimum Gasteiger partial charge on any atom is -0.493 e. The number of carbonyl (C=O) groups is 2. The first kappa shape index (κ1) is 22.1. The Bertz CT molecular complexity index is 936. The molecule has 0 aromatic heterocycles. The monoisotopic (exact) mass is 430 g/mol. The highest BCUT2D eigenvalue weighted by Gasteiger charge is 2.22. The fourth-order valence-electron chi connectivity index (χ4n) is 3.24. The van der Waals surface area contributed by atoms with E-state index in [1.807, 2.05) is 25.1 Å². The van der Waals surface area contributed by atoms with E-state index in [9.17, 15) is 9.59 Å². The maximum atomic E-state index is 13.0. The van der Waals surface area contributed by atoms with E-state index < -0.39 is 5.91 Å². The molecule has 2 aromatic carbocycles. The fourth-order valence-corrected chi connectivity index (χ4v) is 3.24. The summed E-state index contributed by atoms with van der Waals surface area (Å²) in [5, 5.41) is 3.02. The maximum Gasteiger partial charge on any atom is 0.255 e. The molecule has 0 fully saturated rings. The average molecular weight is 430 g/mol. The van der Waals surface area contributed by atoms with Gasteiger partial charge in [0.05, 0.1) is 20.3 Å². The van der Waals surface area contributed by atoms with Gasteiger partial charge in [0.2, 0.25) is 5.75 Å². The molecule has 1 aliphatic rings. The van der Waals surface area contributed by atoms with Crippen molar-refractivity contribution in [3.8, 4) is 28.7 Å². The van der Waals surface area contributed by atoms with Gasteiger partial charge in [0.1, 0.15) is 13.2 Å². The highest BCUT2D eigenvalue weighted by Crippen LogP contribution is 2.39. The SMILES string of the molecule is CCC(NC(=O)c1cc(OC)c(OCC(N)=O)c(OC)c1)c1ccc2c(c1)OCCO2. The number of rotatable bonds is 9. The van der Waals surface area contributed by atoms with Gasteiger partial charge in [-0.2, -0.15) is 0 Å². The van der Waals surface area contributed by atoms with Crippen LogP contribution in [0.15, 0.2) is 30.3 Å². The summed E-state index contributed by atoms with van der Waals surface area (Å²) in [7, 11) is 2.86. The van der Waals surface area contributed by atoms with Crippen LogP contribution in [-0.2, 0) is 4.79 Å². The molecule has 1 aliphatic heterocycles. The van der Waals surface area contributed by atoms with Crippen LogP contribution in [0.3, 0.4) is 0 Å². The molecule has 166 valence electrons. The lowest BCUT2D eigenvalue weighted by molar-refractivity contribution is -0.120. The quantitative estimate of drug-likeness (QED) is 0.626. The van der Waals surface area contributed by atoms with Crippen molar-refractivity contribution in [2.24, 2.45) is 5.73 Å². The molecule has 1 unspecified atom stereocenters. The van der Waals surface area contributed by atoms with Crippen LogP contribution in [0.1, 0.15) is 35.3 Å². The zero-order valence-electron chi connectivity index (χ0n) is 17.7. The first-order valence-corrected chi connectivity index (χ1v) is 9.84. The Labute approximate surface area is 180 Å². The van der Waals surface area contributed by atoms with Crippen LogP contribution >= 0.6 is 0 Å². The van der Waals surface area contributed by atoms with Crippen molar-refractivity contribution in [3.05, 3.63) is 41.5 Å². The topological polar surface area (TPSA) is 118 Å². The molecule has 0 bridgehead atoms. The van der Waals surface area contributed by atoms with Crippen molar-refractivity contribution in [2.45, 2.75) is 19.4 Å². The van der Waals surface area contributed by atoms with Crippen LogP contribution in [0.25, 0.3) is 0 Å². The Hall–Kier alpha value is -3.62. The number of fused-ring (bicyclic) bond motifs is 1. The second-order valence-electron chi connectivity index (χ2n) is 6.80. The minimum atomic E-state index is -0.642. The van der Waals surface area contributed by atoms with Crippen LogP contribution in [0.2, 0.25) is 0 Å². The average Bonchev–Trinajstić information content (AvgIpc) is 2.79. The van der Waals surface area contributed by atoms with E-state index in [0.717, 1.165) is 5.56 Å². The van der Waals surface area contributed by atoms with Crippen molar-refractivity contribution in [1.29, 1.82) is 0 Å². The van der Waals surface area contributed by atoms with E-state index in [4.69, 9.17) is 29.4 Å². The Kier molecular flexibility index (Phi) is 7.07. The Morgan fingerprint density at radius 2 is 1.71 bits per heavy atom. The Balaban J connectivity index is 1.83. The number of benzene rings is 2. The fraction of sp³-hybridized carbons (Fsp3) is 0.364. The third-order valence-corrected chi connectivity index (χ3v) is 4.76. The predicted octanol–water partition coefficient (Wildman–Crippen LogP) is 2.22. The summed E-state index contributed by atoms with van der Waals surface area (Å²) in [5.74, 6) is 1.08. The van der Waals surface area contributed by atoms with E-state index in [2.05, 4.69) is 5.32 Å². The highest BCUT2D eigenvalue weighted by molar-refractivity contribution is 5.96. The van der Waals surface area contributed by atoms with Crippen LogP contribution in [-0.4, -0.2) is 45.9 Å². The third kappa shape index (κ3) is 5.11. The van der Waals surface area contributed by atoms with Crippen LogP contribution in [0.4, 0.5) is 0 Å². The number of hydrogen-bond donors (Lipinski definition) is 2. The van der Waals surface area contributed by atoms with Gasteiger partial charge in [0.25, 0.3) is 11.8 Å². The normalized spacial score (nSPS) is 13.1. The Morgan fingerprint density at radius 3 is 2.29 bits per heavy atom. The molecule has 1 atom stereocenters. The zero-order chi connectivity index (χ0) is 22.4. The molecular weight excluding hydrogens is 404 g/mol. The number of primary amides is 1. The molecule has 3 N–H and O–H groups in total. The number of carbonyl (C=O) groups excluding carboxylic acids is 2. The van der Waals surface area contributed by atoms with Gasteiger partial charge in [0, 0.05) is 5.56 Å². The smallest absolute Gasteiger partial charge is 0.255 e. The van der Waals surface area contributed by atoms with E-state index in [0.29, 0.717) is 36.7 Å². The lowest BCUT2D eigenvalue weighted by Gasteiger charge is -2.22. The zero-order valence-corrected chi connectivity index (χ0v) is 17.7. The van der Waals surface area contributed by atoms with E-state index in [-0.39, 0.29) is 35.8 Å². The first-order chi connectivity index (χ1) is 15.0. The maximum absolute atomic E-state index is 13.0. The molecule has 0 radical (unpaired) electrons. The number of ether oxygens (including phenoxy) is 5. The molecule has 2 aromatic rings.